The van der Waals surface area contributed by atoms with Gasteiger partial charge in [-0.1, -0.05) is 13.8 Å². The average molecular weight is 238 g/mol. The molecule has 6 heteroatoms. The molecule has 0 bridgehead atoms. The zero-order valence-corrected chi connectivity index (χ0v) is 10.3. The quantitative estimate of drug-likeness (QED) is 0.786. The fourth-order valence-corrected chi connectivity index (χ4v) is 1.71. The molecule has 0 atom stereocenters. The lowest BCUT2D eigenvalue weighted by Gasteiger charge is -2.04. The van der Waals surface area contributed by atoms with Crippen molar-refractivity contribution in [2.24, 2.45) is 5.92 Å². The highest BCUT2D eigenvalue weighted by molar-refractivity contribution is 7.98. The number of nitriles is 1. The van der Waals surface area contributed by atoms with Crippen LogP contribution in [0.3, 0.4) is 0 Å². The Bertz CT molecular complexity index is 419. The van der Waals surface area contributed by atoms with Crippen LogP contribution in [0.25, 0.3) is 0 Å². The summed E-state index contributed by atoms with van der Waals surface area (Å²) in [5, 5.41) is 18.9. The van der Waals surface area contributed by atoms with Crippen molar-refractivity contribution in [3.8, 4) is 6.07 Å². The number of aromatic amines is 1. The van der Waals surface area contributed by atoms with Gasteiger partial charge in [0.05, 0.1) is 0 Å². The zero-order chi connectivity index (χ0) is 12.1. The van der Waals surface area contributed by atoms with Crippen LogP contribution in [-0.2, 0) is 4.79 Å². The molecular formula is C10H14N4OS. The number of anilines is 1. The van der Waals surface area contributed by atoms with Gasteiger partial charge in [0, 0.05) is 6.42 Å². The minimum atomic E-state index is -0.120. The van der Waals surface area contributed by atoms with E-state index in [9.17, 15) is 4.79 Å². The lowest BCUT2D eigenvalue weighted by atomic mass is 10.1. The molecule has 0 fully saturated rings. The number of hydrogen-bond acceptors (Lipinski definition) is 4. The predicted octanol–water partition coefficient (Wildman–Crippen LogP) is 1.99. The molecule has 0 aliphatic heterocycles. The maximum Gasteiger partial charge on any atom is 0.225 e. The first-order valence-corrected chi connectivity index (χ1v) is 6.13. The third-order valence-electron chi connectivity index (χ3n) is 1.90. The van der Waals surface area contributed by atoms with Gasteiger partial charge in [-0.2, -0.15) is 10.4 Å². The standard InChI is InChI=1S/C10H14N4OS/c1-6(2)4-8(15)12-9-7(5-11)10(16-3)14-13-9/h6H,4H2,1-3H3,(H2,12,13,14,15). The molecule has 0 saturated heterocycles. The Morgan fingerprint density at radius 3 is 2.88 bits per heavy atom. The SMILES string of the molecule is CSc1[nH]nc(NC(=O)CC(C)C)c1C#N. The van der Waals surface area contributed by atoms with Crippen molar-refractivity contribution in [2.45, 2.75) is 25.3 Å². The summed E-state index contributed by atoms with van der Waals surface area (Å²) in [7, 11) is 0. The summed E-state index contributed by atoms with van der Waals surface area (Å²) in [6, 6.07) is 2.02. The fourth-order valence-electron chi connectivity index (χ4n) is 1.22. The van der Waals surface area contributed by atoms with Crippen molar-refractivity contribution in [3.63, 3.8) is 0 Å². The number of aromatic nitrogens is 2. The van der Waals surface area contributed by atoms with Gasteiger partial charge < -0.3 is 5.32 Å². The maximum absolute atomic E-state index is 11.5. The molecule has 0 spiro atoms. The third-order valence-corrected chi connectivity index (χ3v) is 2.60. The largest absolute Gasteiger partial charge is 0.308 e. The van der Waals surface area contributed by atoms with Crippen molar-refractivity contribution in [1.82, 2.24) is 10.2 Å². The van der Waals surface area contributed by atoms with Crippen molar-refractivity contribution < 1.29 is 4.79 Å². The second-order valence-electron chi connectivity index (χ2n) is 3.74. The topological polar surface area (TPSA) is 81.6 Å². The first-order chi connectivity index (χ1) is 7.58. The van der Waals surface area contributed by atoms with Crippen LogP contribution in [0.1, 0.15) is 25.8 Å². The van der Waals surface area contributed by atoms with Crippen LogP contribution in [0, 0.1) is 17.2 Å². The van der Waals surface area contributed by atoms with E-state index >= 15 is 0 Å². The summed E-state index contributed by atoms with van der Waals surface area (Å²) < 4.78 is 0. The molecule has 1 aromatic heterocycles. The summed E-state index contributed by atoms with van der Waals surface area (Å²) in [4.78, 5) is 11.5. The Morgan fingerprint density at radius 1 is 1.69 bits per heavy atom. The van der Waals surface area contributed by atoms with Crippen LogP contribution in [0.4, 0.5) is 5.82 Å². The van der Waals surface area contributed by atoms with E-state index in [1.165, 1.54) is 11.8 Å². The van der Waals surface area contributed by atoms with Crippen LogP contribution < -0.4 is 5.32 Å². The first kappa shape index (κ1) is 12.6. The monoisotopic (exact) mass is 238 g/mol. The summed E-state index contributed by atoms with van der Waals surface area (Å²) >= 11 is 1.39. The van der Waals surface area contributed by atoms with Crippen molar-refractivity contribution >= 4 is 23.5 Å². The van der Waals surface area contributed by atoms with E-state index in [0.717, 1.165) is 0 Å². The number of nitrogens with one attached hydrogen (secondary N) is 2. The number of carbonyl (C=O) groups excluding carboxylic acids is 1. The Kier molecular flexibility index (Phi) is 4.38. The van der Waals surface area contributed by atoms with Crippen molar-refractivity contribution in [2.75, 3.05) is 11.6 Å². The Hall–Kier alpha value is -1.48. The average Bonchev–Trinajstić information content (AvgIpc) is 2.58. The summed E-state index contributed by atoms with van der Waals surface area (Å²) in [6.45, 7) is 3.92. The van der Waals surface area contributed by atoms with Crippen LogP contribution in [0.15, 0.2) is 5.03 Å². The predicted molar refractivity (Wildman–Crippen MR) is 63.2 cm³/mol. The van der Waals surface area contributed by atoms with Gasteiger partial charge >= 0.3 is 0 Å². The molecule has 2 N–H and O–H groups in total. The first-order valence-electron chi connectivity index (χ1n) is 4.90. The van der Waals surface area contributed by atoms with E-state index in [1.807, 2.05) is 26.2 Å². The van der Waals surface area contributed by atoms with Gasteiger partial charge in [0.2, 0.25) is 5.91 Å². The van der Waals surface area contributed by atoms with Gasteiger partial charge in [-0.15, -0.1) is 11.8 Å². The Balaban J connectivity index is 2.78. The molecule has 0 unspecified atom stereocenters. The zero-order valence-electron chi connectivity index (χ0n) is 9.50. The molecule has 0 aromatic carbocycles. The molecule has 16 heavy (non-hydrogen) atoms. The van der Waals surface area contributed by atoms with Gasteiger partial charge in [0.25, 0.3) is 0 Å². The fraction of sp³-hybridized carbons (Fsp3) is 0.500. The van der Waals surface area contributed by atoms with Gasteiger partial charge in [-0.05, 0) is 12.2 Å². The smallest absolute Gasteiger partial charge is 0.225 e. The number of H-pyrrole nitrogens is 1. The second-order valence-corrected chi connectivity index (χ2v) is 4.55. The molecule has 1 aromatic rings. The van der Waals surface area contributed by atoms with Crippen LogP contribution in [0.2, 0.25) is 0 Å². The Labute approximate surface area is 98.6 Å². The van der Waals surface area contributed by atoms with Gasteiger partial charge in [0.1, 0.15) is 16.7 Å². The molecule has 0 aliphatic carbocycles. The lowest BCUT2D eigenvalue weighted by Crippen LogP contribution is -2.14. The number of rotatable bonds is 4. The van der Waals surface area contributed by atoms with Crippen molar-refractivity contribution in [1.29, 1.82) is 5.26 Å². The summed E-state index contributed by atoms with van der Waals surface area (Å²) in [5.41, 5.74) is 0.393. The molecule has 0 saturated carbocycles. The van der Waals surface area contributed by atoms with Crippen LogP contribution >= 0.6 is 11.8 Å². The van der Waals surface area contributed by atoms with Crippen LogP contribution in [-0.4, -0.2) is 22.4 Å². The number of carbonyl (C=O) groups is 1. The van der Waals surface area contributed by atoms with E-state index in [-0.39, 0.29) is 11.8 Å². The van der Waals surface area contributed by atoms with Crippen LogP contribution in [0.5, 0.6) is 0 Å². The number of thioether (sulfide) groups is 1. The minimum Gasteiger partial charge on any atom is -0.308 e. The van der Waals surface area contributed by atoms with E-state index < -0.39 is 0 Å². The van der Waals surface area contributed by atoms with E-state index in [2.05, 4.69) is 15.5 Å². The Morgan fingerprint density at radius 2 is 2.38 bits per heavy atom. The molecule has 86 valence electrons. The highest BCUT2D eigenvalue weighted by atomic mass is 32.2. The lowest BCUT2D eigenvalue weighted by molar-refractivity contribution is -0.116. The molecule has 1 heterocycles. The maximum atomic E-state index is 11.5. The summed E-state index contributed by atoms with van der Waals surface area (Å²) in [6.07, 6.45) is 2.26. The third kappa shape index (κ3) is 3.00. The van der Waals surface area contributed by atoms with E-state index in [0.29, 0.717) is 22.8 Å². The van der Waals surface area contributed by atoms with Crippen molar-refractivity contribution in [3.05, 3.63) is 5.56 Å². The molecule has 0 radical (unpaired) electrons. The molecular weight excluding hydrogens is 224 g/mol. The normalized spacial score (nSPS) is 10.2. The van der Waals surface area contributed by atoms with E-state index in [1.54, 1.807) is 0 Å². The molecule has 5 nitrogen and oxygen atoms in total. The highest BCUT2D eigenvalue weighted by Gasteiger charge is 2.14. The van der Waals surface area contributed by atoms with Gasteiger partial charge in [-0.3, -0.25) is 9.89 Å². The summed E-state index contributed by atoms with van der Waals surface area (Å²) in [5.74, 6) is 0.479. The number of hydrogen-bond donors (Lipinski definition) is 2. The minimum absolute atomic E-state index is 0.120. The second kappa shape index (κ2) is 5.56. The van der Waals surface area contributed by atoms with Gasteiger partial charge in [0.15, 0.2) is 5.82 Å². The number of amides is 1. The molecule has 1 rings (SSSR count). The van der Waals surface area contributed by atoms with E-state index in [4.69, 9.17) is 5.26 Å². The van der Waals surface area contributed by atoms with Gasteiger partial charge in [-0.25, -0.2) is 0 Å². The number of nitrogens with zero attached hydrogens (tertiary/aromatic N) is 2. The highest BCUT2D eigenvalue weighted by Crippen LogP contribution is 2.23. The molecule has 1 amide bonds. The molecule has 0 aliphatic rings.